The molecule has 2 rings (SSSR count). The number of halogens is 2. The van der Waals surface area contributed by atoms with Crippen molar-refractivity contribution in [2.24, 2.45) is 0 Å². The van der Waals surface area contributed by atoms with E-state index in [1.54, 1.807) is 43.3 Å². The van der Waals surface area contributed by atoms with Gasteiger partial charge in [-0.3, -0.25) is 4.79 Å². The Morgan fingerprint density at radius 3 is 2.67 bits per heavy atom. The Bertz CT molecular complexity index is 599. The summed E-state index contributed by atoms with van der Waals surface area (Å²) in [5.74, 6) is -0.232. The van der Waals surface area contributed by atoms with Gasteiger partial charge in [0, 0.05) is 10.6 Å². The lowest BCUT2D eigenvalue weighted by Crippen LogP contribution is -2.13. The molecule has 0 spiro atoms. The average Bonchev–Trinajstić information content (AvgIpc) is 2.32. The molecule has 0 atom stereocenters. The number of benzene rings is 1. The molecule has 1 aromatic carbocycles. The van der Waals surface area contributed by atoms with Crippen LogP contribution in [0.2, 0.25) is 10.2 Å². The third kappa shape index (κ3) is 3.00. The van der Waals surface area contributed by atoms with E-state index in [0.29, 0.717) is 27.1 Å². The van der Waals surface area contributed by atoms with E-state index in [1.165, 1.54) is 0 Å². The molecule has 0 saturated carbocycles. The summed E-state index contributed by atoms with van der Waals surface area (Å²) in [6.45, 7) is 1.78. The van der Waals surface area contributed by atoms with E-state index in [1.807, 2.05) is 0 Å². The molecule has 0 aliphatic carbocycles. The van der Waals surface area contributed by atoms with Crippen LogP contribution in [0.25, 0.3) is 0 Å². The summed E-state index contributed by atoms with van der Waals surface area (Å²) in [6, 6.07) is 10.1. The van der Waals surface area contributed by atoms with Gasteiger partial charge in [0.25, 0.3) is 5.91 Å². The lowest BCUT2D eigenvalue weighted by Gasteiger charge is -2.08. The molecule has 5 heteroatoms. The molecule has 2 aromatic rings. The molecule has 1 aromatic heterocycles. The fourth-order valence-electron chi connectivity index (χ4n) is 1.49. The van der Waals surface area contributed by atoms with Crippen LogP contribution in [0.5, 0.6) is 0 Å². The summed E-state index contributed by atoms with van der Waals surface area (Å²) in [5.41, 5.74) is 1.79. The molecular weight excluding hydrogens is 271 g/mol. The van der Waals surface area contributed by atoms with Crippen LogP contribution in [0.4, 0.5) is 5.69 Å². The van der Waals surface area contributed by atoms with E-state index in [4.69, 9.17) is 23.2 Å². The van der Waals surface area contributed by atoms with Crippen molar-refractivity contribution >= 4 is 34.8 Å². The fraction of sp³-hybridized carbons (Fsp3) is 0.0769. The highest BCUT2D eigenvalue weighted by molar-refractivity contribution is 6.31. The molecule has 1 heterocycles. The molecule has 0 bridgehead atoms. The molecule has 1 amide bonds. The number of rotatable bonds is 2. The summed E-state index contributed by atoms with van der Waals surface area (Å²) in [7, 11) is 0. The van der Waals surface area contributed by atoms with Crippen LogP contribution >= 0.6 is 23.2 Å². The average molecular weight is 281 g/mol. The second-order valence-electron chi connectivity index (χ2n) is 3.73. The first-order valence-electron chi connectivity index (χ1n) is 5.26. The van der Waals surface area contributed by atoms with E-state index in [-0.39, 0.29) is 5.91 Å². The highest BCUT2D eigenvalue weighted by Crippen LogP contribution is 2.17. The van der Waals surface area contributed by atoms with Crippen molar-refractivity contribution in [1.82, 2.24) is 4.98 Å². The maximum atomic E-state index is 12.0. The van der Waals surface area contributed by atoms with E-state index >= 15 is 0 Å². The first-order valence-corrected chi connectivity index (χ1v) is 6.02. The van der Waals surface area contributed by atoms with Crippen molar-refractivity contribution in [2.45, 2.75) is 6.92 Å². The zero-order valence-corrected chi connectivity index (χ0v) is 11.1. The zero-order chi connectivity index (χ0) is 13.1. The molecule has 0 aliphatic rings. The van der Waals surface area contributed by atoms with Crippen molar-refractivity contribution in [3.63, 3.8) is 0 Å². The molecule has 18 heavy (non-hydrogen) atoms. The number of amides is 1. The van der Waals surface area contributed by atoms with Crippen molar-refractivity contribution in [1.29, 1.82) is 0 Å². The van der Waals surface area contributed by atoms with Crippen LogP contribution in [0.3, 0.4) is 0 Å². The smallest absolute Gasteiger partial charge is 0.255 e. The maximum absolute atomic E-state index is 12.0. The molecular formula is C13H10Cl2N2O. The van der Waals surface area contributed by atoms with E-state index in [2.05, 4.69) is 10.3 Å². The highest BCUT2D eigenvalue weighted by Gasteiger charge is 2.08. The van der Waals surface area contributed by atoms with E-state index < -0.39 is 0 Å². The molecule has 3 nitrogen and oxygen atoms in total. The van der Waals surface area contributed by atoms with Crippen molar-refractivity contribution in [3.8, 4) is 0 Å². The Morgan fingerprint density at radius 2 is 2.00 bits per heavy atom. The number of hydrogen-bond acceptors (Lipinski definition) is 2. The Hall–Kier alpha value is -1.58. The first kappa shape index (κ1) is 12.9. The number of pyridine rings is 1. The normalized spacial score (nSPS) is 10.2. The van der Waals surface area contributed by atoms with Crippen LogP contribution in [0, 0.1) is 6.92 Å². The summed E-state index contributed by atoms with van der Waals surface area (Å²) in [6.07, 6.45) is 0. The molecule has 0 radical (unpaired) electrons. The topological polar surface area (TPSA) is 42.0 Å². The number of carbonyl (C=O) groups excluding carboxylic acids is 1. The van der Waals surface area contributed by atoms with Gasteiger partial charge in [0.05, 0.1) is 11.4 Å². The molecule has 1 N–H and O–H groups in total. The minimum Gasteiger partial charge on any atom is -0.320 e. The summed E-state index contributed by atoms with van der Waals surface area (Å²) in [4.78, 5) is 16.0. The van der Waals surface area contributed by atoms with E-state index in [9.17, 15) is 4.79 Å². The second-order valence-corrected chi connectivity index (χ2v) is 4.56. The minimum absolute atomic E-state index is 0.232. The quantitative estimate of drug-likeness (QED) is 0.847. The van der Waals surface area contributed by atoms with Gasteiger partial charge < -0.3 is 5.32 Å². The third-order valence-electron chi connectivity index (χ3n) is 2.39. The minimum atomic E-state index is -0.232. The summed E-state index contributed by atoms with van der Waals surface area (Å²) in [5, 5.41) is 3.68. The molecule has 0 saturated heterocycles. The lowest BCUT2D eigenvalue weighted by atomic mass is 10.2. The number of nitrogens with zero attached hydrogens (tertiary/aromatic N) is 1. The number of nitrogens with one attached hydrogen (secondary N) is 1. The van der Waals surface area contributed by atoms with Crippen LogP contribution in [0.1, 0.15) is 16.1 Å². The van der Waals surface area contributed by atoms with E-state index in [0.717, 1.165) is 0 Å². The molecule has 92 valence electrons. The SMILES string of the molecule is Cc1nc(Cl)ccc1NC(=O)c1cccc(Cl)c1. The monoisotopic (exact) mass is 280 g/mol. The van der Waals surface area contributed by atoms with Gasteiger partial charge in [-0.15, -0.1) is 0 Å². The van der Waals surface area contributed by atoms with Gasteiger partial charge in [0.2, 0.25) is 0 Å². The van der Waals surface area contributed by atoms with Gasteiger partial charge in [-0.2, -0.15) is 0 Å². The van der Waals surface area contributed by atoms with Crippen LogP contribution in [0.15, 0.2) is 36.4 Å². The van der Waals surface area contributed by atoms with Crippen LogP contribution < -0.4 is 5.32 Å². The Labute approximate surface area is 115 Å². The predicted octanol–water partition coefficient (Wildman–Crippen LogP) is 3.95. The van der Waals surface area contributed by atoms with Crippen LogP contribution in [-0.4, -0.2) is 10.9 Å². The lowest BCUT2D eigenvalue weighted by molar-refractivity contribution is 0.102. The van der Waals surface area contributed by atoms with Crippen molar-refractivity contribution in [3.05, 3.63) is 57.8 Å². The Morgan fingerprint density at radius 1 is 1.22 bits per heavy atom. The molecule has 0 aliphatic heterocycles. The van der Waals surface area contributed by atoms with Gasteiger partial charge in [0.15, 0.2) is 0 Å². The predicted molar refractivity (Wildman–Crippen MR) is 73.4 cm³/mol. The standard InChI is InChI=1S/C13H10Cl2N2O/c1-8-11(5-6-12(15)16-8)17-13(18)9-3-2-4-10(14)7-9/h2-7H,1H3,(H,17,18). The van der Waals surface area contributed by atoms with Gasteiger partial charge >= 0.3 is 0 Å². The largest absolute Gasteiger partial charge is 0.320 e. The van der Waals surface area contributed by atoms with Gasteiger partial charge in [0.1, 0.15) is 5.15 Å². The number of anilines is 1. The highest BCUT2D eigenvalue weighted by atomic mass is 35.5. The third-order valence-corrected chi connectivity index (χ3v) is 2.83. The zero-order valence-electron chi connectivity index (χ0n) is 9.58. The van der Waals surface area contributed by atoms with Crippen LogP contribution in [-0.2, 0) is 0 Å². The summed E-state index contributed by atoms with van der Waals surface area (Å²) < 4.78 is 0. The second kappa shape index (κ2) is 5.38. The van der Waals surface area contributed by atoms with Gasteiger partial charge in [-0.25, -0.2) is 4.98 Å². The first-order chi connectivity index (χ1) is 8.56. The van der Waals surface area contributed by atoms with Crippen molar-refractivity contribution < 1.29 is 4.79 Å². The number of aryl methyl sites for hydroxylation is 1. The van der Waals surface area contributed by atoms with Crippen molar-refractivity contribution in [2.75, 3.05) is 5.32 Å². The fourth-order valence-corrected chi connectivity index (χ4v) is 1.87. The number of hydrogen-bond donors (Lipinski definition) is 1. The van der Waals surface area contributed by atoms with Gasteiger partial charge in [-0.1, -0.05) is 29.3 Å². The number of aromatic nitrogens is 1. The Kier molecular flexibility index (Phi) is 3.84. The van der Waals surface area contributed by atoms with Gasteiger partial charge in [-0.05, 0) is 37.3 Å². The Balaban J connectivity index is 2.21. The molecule has 0 fully saturated rings. The number of carbonyl (C=O) groups is 1. The maximum Gasteiger partial charge on any atom is 0.255 e. The summed E-state index contributed by atoms with van der Waals surface area (Å²) >= 11 is 11.6. The molecule has 0 unspecified atom stereocenters.